The highest BCUT2D eigenvalue weighted by Crippen LogP contribution is 2.27. The highest BCUT2D eigenvalue weighted by molar-refractivity contribution is 7.85. The highest BCUT2D eigenvalue weighted by atomic mass is 32.2. The fraction of sp³-hybridized carbons (Fsp3) is 0.211. The average Bonchev–Trinajstić information content (AvgIpc) is 2.52. The summed E-state index contributed by atoms with van der Waals surface area (Å²) in [5, 5.41) is 0. The molecule has 2 aromatic rings. The Morgan fingerprint density at radius 3 is 2.43 bits per heavy atom. The van der Waals surface area contributed by atoms with Gasteiger partial charge in [0.05, 0.1) is 10.8 Å². The molecule has 2 aromatic carbocycles. The molecule has 0 aromatic heterocycles. The number of rotatable bonds is 4. The van der Waals surface area contributed by atoms with Gasteiger partial charge in [0.1, 0.15) is 0 Å². The van der Waals surface area contributed by atoms with Crippen molar-refractivity contribution in [2.75, 3.05) is 0 Å². The van der Waals surface area contributed by atoms with Crippen molar-refractivity contribution in [2.45, 2.75) is 36.5 Å². The van der Waals surface area contributed by atoms with Gasteiger partial charge in [-0.2, -0.15) is 0 Å². The number of hydrogen-bond acceptors (Lipinski definition) is 1. The Bertz CT molecular complexity index is 692. The van der Waals surface area contributed by atoms with E-state index in [4.69, 9.17) is 0 Å². The van der Waals surface area contributed by atoms with Crippen LogP contribution in [0.5, 0.6) is 0 Å². The van der Waals surface area contributed by atoms with Crippen molar-refractivity contribution in [1.82, 2.24) is 0 Å². The van der Waals surface area contributed by atoms with Gasteiger partial charge in [-0.15, -0.1) is 5.73 Å². The topological polar surface area (TPSA) is 17.1 Å². The molecule has 0 fully saturated rings. The van der Waals surface area contributed by atoms with Crippen LogP contribution in [-0.4, -0.2) is 4.21 Å². The third kappa shape index (κ3) is 3.81. The molecule has 1 nitrogen and oxygen atoms in total. The van der Waals surface area contributed by atoms with Crippen LogP contribution in [-0.2, 0) is 10.8 Å². The summed E-state index contributed by atoms with van der Waals surface area (Å²) >= 11 is 0. The molecule has 0 saturated heterocycles. The van der Waals surface area contributed by atoms with Crippen LogP contribution in [0.15, 0.2) is 76.2 Å². The zero-order valence-electron chi connectivity index (χ0n) is 12.7. The van der Waals surface area contributed by atoms with Crippen LogP contribution >= 0.6 is 0 Å². The number of hydrogen-bond donors (Lipinski definition) is 0. The third-order valence-electron chi connectivity index (χ3n) is 3.36. The van der Waals surface area contributed by atoms with Crippen molar-refractivity contribution < 1.29 is 4.21 Å². The first-order valence-corrected chi connectivity index (χ1v) is 8.23. The molecule has 0 radical (unpaired) electrons. The van der Waals surface area contributed by atoms with Gasteiger partial charge in [-0.1, -0.05) is 42.8 Å². The fourth-order valence-electron chi connectivity index (χ4n) is 2.14. The lowest BCUT2D eigenvalue weighted by atomic mass is 10.0. The minimum Gasteiger partial charge on any atom is -0.249 e. The Morgan fingerprint density at radius 2 is 1.76 bits per heavy atom. The Kier molecular flexibility index (Phi) is 5.32. The summed E-state index contributed by atoms with van der Waals surface area (Å²) in [6.07, 6.45) is 3.89. The van der Waals surface area contributed by atoms with E-state index >= 15 is 0 Å². The third-order valence-corrected chi connectivity index (χ3v) is 4.83. The smallest absolute Gasteiger partial charge is 0.0852 e. The standard InChI is InChI=1S/C19H20OS/c1-4-5-8-16(3)18-9-6-7-10-19(18)21(20)17-13-11-15(2)12-14-17/h4,6-14,16H,1-3H3/t5?,16-,21?/m1/s1. The van der Waals surface area contributed by atoms with Crippen LogP contribution in [0.25, 0.3) is 0 Å². The maximum Gasteiger partial charge on any atom is 0.0852 e. The van der Waals surface area contributed by atoms with Crippen LogP contribution in [0.1, 0.15) is 30.9 Å². The van der Waals surface area contributed by atoms with Gasteiger partial charge in [-0.3, -0.25) is 0 Å². The van der Waals surface area contributed by atoms with E-state index < -0.39 is 10.8 Å². The molecule has 2 heteroatoms. The predicted molar refractivity (Wildman–Crippen MR) is 89.0 cm³/mol. The second kappa shape index (κ2) is 7.21. The maximum absolute atomic E-state index is 12.8. The van der Waals surface area contributed by atoms with Crippen LogP contribution in [0.3, 0.4) is 0 Å². The molecule has 0 saturated carbocycles. The van der Waals surface area contributed by atoms with Gasteiger partial charge in [0, 0.05) is 15.7 Å². The van der Waals surface area contributed by atoms with Crippen LogP contribution in [0, 0.1) is 6.92 Å². The molecule has 0 aliphatic heterocycles. The summed E-state index contributed by atoms with van der Waals surface area (Å²) < 4.78 is 12.8. The molecule has 0 amide bonds. The molecule has 2 rings (SSSR count). The van der Waals surface area contributed by atoms with E-state index in [2.05, 4.69) is 12.7 Å². The predicted octanol–water partition coefficient (Wildman–Crippen LogP) is 5.00. The second-order valence-electron chi connectivity index (χ2n) is 5.03. The molecular weight excluding hydrogens is 276 g/mol. The number of benzene rings is 2. The lowest BCUT2D eigenvalue weighted by Gasteiger charge is -2.12. The van der Waals surface area contributed by atoms with Gasteiger partial charge in [-0.05, 0) is 49.8 Å². The molecule has 0 bridgehead atoms. The van der Waals surface area contributed by atoms with Crippen molar-refractivity contribution in [3.05, 3.63) is 77.5 Å². The van der Waals surface area contributed by atoms with Crippen molar-refractivity contribution in [2.24, 2.45) is 0 Å². The summed E-state index contributed by atoms with van der Waals surface area (Å²) in [4.78, 5) is 1.72. The summed E-state index contributed by atoms with van der Waals surface area (Å²) in [6, 6.07) is 15.8. The minimum absolute atomic E-state index is 0.187. The molecule has 108 valence electrons. The van der Waals surface area contributed by atoms with E-state index in [1.807, 2.05) is 74.5 Å². The molecule has 2 atom stereocenters. The Hall–Kier alpha value is -1.89. The van der Waals surface area contributed by atoms with Gasteiger partial charge in [0.15, 0.2) is 0 Å². The van der Waals surface area contributed by atoms with Gasteiger partial charge >= 0.3 is 0 Å². The molecule has 0 aliphatic rings. The largest absolute Gasteiger partial charge is 0.249 e. The lowest BCUT2D eigenvalue weighted by Crippen LogP contribution is -2.00. The SMILES string of the molecule is CC=C=C[C@@H](C)c1ccccc1S(=O)c1ccc(C)cc1. The van der Waals surface area contributed by atoms with Crippen molar-refractivity contribution >= 4 is 10.8 Å². The molecule has 21 heavy (non-hydrogen) atoms. The molecular formula is C19H20OS. The Balaban J connectivity index is 2.42. The van der Waals surface area contributed by atoms with E-state index in [1.165, 1.54) is 5.56 Å². The van der Waals surface area contributed by atoms with Gasteiger partial charge < -0.3 is 0 Å². The summed E-state index contributed by atoms with van der Waals surface area (Å²) in [7, 11) is -1.15. The van der Waals surface area contributed by atoms with E-state index in [0.717, 1.165) is 15.4 Å². The zero-order valence-corrected chi connectivity index (χ0v) is 13.5. The highest BCUT2D eigenvalue weighted by Gasteiger charge is 2.14. The molecule has 0 aliphatic carbocycles. The first-order chi connectivity index (χ1) is 10.1. The van der Waals surface area contributed by atoms with Crippen molar-refractivity contribution in [3.8, 4) is 0 Å². The van der Waals surface area contributed by atoms with Gasteiger partial charge in [0.25, 0.3) is 0 Å². The van der Waals surface area contributed by atoms with E-state index in [-0.39, 0.29) is 5.92 Å². The maximum atomic E-state index is 12.8. The molecule has 0 N–H and O–H groups in total. The summed E-state index contributed by atoms with van der Waals surface area (Å²) in [6.45, 7) is 6.08. The van der Waals surface area contributed by atoms with Gasteiger partial charge in [0.2, 0.25) is 0 Å². The van der Waals surface area contributed by atoms with E-state index in [0.29, 0.717) is 0 Å². The monoisotopic (exact) mass is 296 g/mol. The Morgan fingerprint density at radius 1 is 1.10 bits per heavy atom. The van der Waals surface area contributed by atoms with Crippen molar-refractivity contribution in [3.63, 3.8) is 0 Å². The fourth-order valence-corrected chi connectivity index (χ4v) is 3.45. The summed E-state index contributed by atoms with van der Waals surface area (Å²) in [5.74, 6) is 0.187. The molecule has 1 unspecified atom stereocenters. The quantitative estimate of drug-likeness (QED) is 0.726. The molecule has 0 heterocycles. The van der Waals surface area contributed by atoms with Crippen LogP contribution in [0.2, 0.25) is 0 Å². The van der Waals surface area contributed by atoms with Crippen molar-refractivity contribution in [1.29, 1.82) is 0 Å². The lowest BCUT2D eigenvalue weighted by molar-refractivity contribution is 0.681. The first kappa shape index (κ1) is 15.5. The van der Waals surface area contributed by atoms with E-state index in [1.54, 1.807) is 0 Å². The first-order valence-electron chi connectivity index (χ1n) is 7.08. The number of allylic oxidation sites excluding steroid dienone is 1. The van der Waals surface area contributed by atoms with Crippen LogP contribution < -0.4 is 0 Å². The van der Waals surface area contributed by atoms with Crippen LogP contribution in [0.4, 0.5) is 0 Å². The minimum atomic E-state index is -1.15. The second-order valence-corrected chi connectivity index (χ2v) is 6.48. The zero-order chi connectivity index (χ0) is 15.2. The molecule has 0 spiro atoms. The van der Waals surface area contributed by atoms with Gasteiger partial charge in [-0.25, -0.2) is 4.21 Å². The normalized spacial score (nSPS) is 13.1. The summed E-state index contributed by atoms with van der Waals surface area (Å²) in [5.41, 5.74) is 5.37. The Labute approximate surface area is 129 Å². The number of aryl methyl sites for hydroxylation is 1. The van der Waals surface area contributed by atoms with E-state index in [9.17, 15) is 4.21 Å². The average molecular weight is 296 g/mol.